The van der Waals surface area contributed by atoms with E-state index in [1.807, 2.05) is 11.0 Å². The molecule has 2 aromatic heterocycles. The van der Waals surface area contributed by atoms with Crippen LogP contribution >= 0.6 is 0 Å². The van der Waals surface area contributed by atoms with Crippen molar-refractivity contribution in [2.45, 2.75) is 0 Å². The zero-order valence-electron chi connectivity index (χ0n) is 17.7. The molecule has 4 rings (SSSR count). The number of nitrogens with zero attached hydrogens (tertiary/aromatic N) is 5. The standard InChI is InChI=1S/C21H24N6O4/c1-26-18(11-17(25-26)16-10-15(29-2)4-5-19(16)30-3)20(28)24-14-12-22-21(23-13-14)27-6-8-31-9-7-27/h4-5,10-13H,6-9H2,1-3H3,(H,24,28). The second kappa shape index (κ2) is 9.00. The van der Waals surface area contributed by atoms with Gasteiger partial charge in [-0.05, 0) is 24.3 Å². The number of nitrogens with one attached hydrogen (secondary N) is 1. The highest BCUT2D eigenvalue weighted by Gasteiger charge is 2.18. The van der Waals surface area contributed by atoms with Gasteiger partial charge in [-0.15, -0.1) is 0 Å². The summed E-state index contributed by atoms with van der Waals surface area (Å²) in [5.74, 6) is 1.61. The molecule has 1 saturated heterocycles. The number of methoxy groups -OCH3 is 2. The van der Waals surface area contributed by atoms with E-state index in [4.69, 9.17) is 14.2 Å². The Morgan fingerprint density at radius 1 is 1.10 bits per heavy atom. The van der Waals surface area contributed by atoms with Crippen LogP contribution in [0.25, 0.3) is 11.3 Å². The number of ether oxygens (including phenoxy) is 3. The fourth-order valence-electron chi connectivity index (χ4n) is 3.33. The molecule has 0 saturated carbocycles. The van der Waals surface area contributed by atoms with Crippen LogP contribution in [0, 0.1) is 0 Å². The predicted molar refractivity (Wildman–Crippen MR) is 115 cm³/mol. The summed E-state index contributed by atoms with van der Waals surface area (Å²) in [5.41, 5.74) is 2.22. The number of rotatable bonds is 6. The Morgan fingerprint density at radius 2 is 1.84 bits per heavy atom. The molecular weight excluding hydrogens is 400 g/mol. The molecule has 10 heteroatoms. The third-order valence-electron chi connectivity index (χ3n) is 4.99. The van der Waals surface area contributed by atoms with Crippen LogP contribution in [0.3, 0.4) is 0 Å². The predicted octanol–water partition coefficient (Wildman–Crippen LogP) is 1.98. The number of amides is 1. The molecule has 1 fully saturated rings. The molecule has 3 heterocycles. The lowest BCUT2D eigenvalue weighted by Crippen LogP contribution is -2.37. The van der Waals surface area contributed by atoms with Crippen LogP contribution in [-0.4, -0.2) is 66.2 Å². The quantitative estimate of drug-likeness (QED) is 0.641. The van der Waals surface area contributed by atoms with Crippen molar-refractivity contribution in [2.24, 2.45) is 7.05 Å². The zero-order valence-corrected chi connectivity index (χ0v) is 17.7. The van der Waals surface area contributed by atoms with Crippen LogP contribution < -0.4 is 19.7 Å². The molecule has 1 aliphatic heterocycles. The maximum absolute atomic E-state index is 12.8. The van der Waals surface area contributed by atoms with Gasteiger partial charge in [0.05, 0.1) is 51.2 Å². The fourth-order valence-corrected chi connectivity index (χ4v) is 3.33. The van der Waals surface area contributed by atoms with Gasteiger partial charge in [-0.3, -0.25) is 9.48 Å². The normalized spacial score (nSPS) is 13.7. The van der Waals surface area contributed by atoms with Crippen LogP contribution in [-0.2, 0) is 11.8 Å². The number of morpholine rings is 1. The summed E-state index contributed by atoms with van der Waals surface area (Å²) in [7, 11) is 4.89. The first-order chi connectivity index (χ1) is 15.1. The highest BCUT2D eigenvalue weighted by Crippen LogP contribution is 2.33. The molecule has 0 aliphatic carbocycles. The Labute approximate surface area is 179 Å². The molecule has 31 heavy (non-hydrogen) atoms. The number of aryl methyl sites for hydroxylation is 1. The van der Waals surface area contributed by atoms with Crippen LogP contribution in [0.15, 0.2) is 36.7 Å². The summed E-state index contributed by atoms with van der Waals surface area (Å²) in [4.78, 5) is 23.6. The summed E-state index contributed by atoms with van der Waals surface area (Å²) in [6, 6.07) is 7.13. The molecule has 10 nitrogen and oxygen atoms in total. The molecule has 162 valence electrons. The van der Waals surface area contributed by atoms with E-state index in [9.17, 15) is 4.79 Å². The van der Waals surface area contributed by atoms with Crippen molar-refractivity contribution in [2.75, 3.05) is 50.7 Å². The average Bonchev–Trinajstić information content (AvgIpc) is 3.21. The monoisotopic (exact) mass is 424 g/mol. The molecule has 1 aliphatic rings. The summed E-state index contributed by atoms with van der Waals surface area (Å²) >= 11 is 0. The van der Waals surface area contributed by atoms with Crippen LogP contribution in [0.1, 0.15) is 10.5 Å². The molecule has 0 spiro atoms. The van der Waals surface area contributed by atoms with Gasteiger partial charge in [0.15, 0.2) is 0 Å². The molecule has 1 N–H and O–H groups in total. The van der Waals surface area contributed by atoms with Gasteiger partial charge in [0.2, 0.25) is 5.95 Å². The average molecular weight is 424 g/mol. The third kappa shape index (κ3) is 4.43. The Morgan fingerprint density at radius 3 is 2.52 bits per heavy atom. The lowest BCUT2D eigenvalue weighted by atomic mass is 10.1. The largest absolute Gasteiger partial charge is 0.497 e. The van der Waals surface area contributed by atoms with Gasteiger partial charge < -0.3 is 24.4 Å². The van der Waals surface area contributed by atoms with Crippen LogP contribution in [0.2, 0.25) is 0 Å². The number of carbonyl (C=O) groups excluding carboxylic acids is 1. The van der Waals surface area contributed by atoms with Crippen molar-refractivity contribution in [3.05, 3.63) is 42.4 Å². The van der Waals surface area contributed by atoms with Gasteiger partial charge in [0.25, 0.3) is 5.91 Å². The number of hydrogen-bond acceptors (Lipinski definition) is 8. The first-order valence-electron chi connectivity index (χ1n) is 9.81. The highest BCUT2D eigenvalue weighted by molar-refractivity contribution is 6.03. The van der Waals surface area contributed by atoms with Crippen molar-refractivity contribution < 1.29 is 19.0 Å². The van der Waals surface area contributed by atoms with Gasteiger partial charge in [0.1, 0.15) is 17.2 Å². The van der Waals surface area contributed by atoms with E-state index in [0.29, 0.717) is 47.7 Å². The summed E-state index contributed by atoms with van der Waals surface area (Å²) in [6.45, 7) is 2.81. The van der Waals surface area contributed by atoms with E-state index < -0.39 is 0 Å². The second-order valence-electron chi connectivity index (χ2n) is 6.93. The first-order valence-corrected chi connectivity index (χ1v) is 9.81. The van der Waals surface area contributed by atoms with Crippen molar-refractivity contribution in [1.82, 2.24) is 19.7 Å². The molecule has 0 bridgehead atoms. The number of aromatic nitrogens is 4. The molecule has 0 unspecified atom stereocenters. The minimum atomic E-state index is -0.314. The Bertz CT molecular complexity index is 1060. The molecule has 1 aromatic carbocycles. The molecule has 1 amide bonds. The Balaban J connectivity index is 1.52. The van der Waals surface area contributed by atoms with Gasteiger partial charge >= 0.3 is 0 Å². The van der Waals surface area contributed by atoms with Crippen molar-refractivity contribution in [3.63, 3.8) is 0 Å². The van der Waals surface area contributed by atoms with Gasteiger partial charge in [-0.2, -0.15) is 5.10 Å². The SMILES string of the molecule is COc1ccc(OC)c(-c2cc(C(=O)Nc3cnc(N4CCOCC4)nc3)n(C)n2)c1. The van der Waals surface area contributed by atoms with E-state index in [-0.39, 0.29) is 5.91 Å². The Kier molecular flexibility index (Phi) is 5.99. The molecule has 3 aromatic rings. The van der Waals surface area contributed by atoms with E-state index in [2.05, 4.69) is 20.4 Å². The topological polar surface area (TPSA) is 104 Å². The first kappa shape index (κ1) is 20.6. The van der Waals surface area contributed by atoms with Crippen LogP contribution in [0.5, 0.6) is 11.5 Å². The van der Waals surface area contributed by atoms with E-state index in [1.54, 1.807) is 51.9 Å². The van der Waals surface area contributed by atoms with Crippen molar-refractivity contribution in [1.29, 1.82) is 0 Å². The number of carbonyl (C=O) groups is 1. The minimum absolute atomic E-state index is 0.314. The smallest absolute Gasteiger partial charge is 0.274 e. The number of hydrogen-bond donors (Lipinski definition) is 1. The third-order valence-corrected chi connectivity index (χ3v) is 4.99. The number of anilines is 2. The van der Waals surface area contributed by atoms with Gasteiger partial charge in [0, 0.05) is 25.7 Å². The molecule has 0 atom stereocenters. The lowest BCUT2D eigenvalue weighted by Gasteiger charge is -2.26. The summed E-state index contributed by atoms with van der Waals surface area (Å²) in [5, 5.41) is 7.29. The zero-order chi connectivity index (χ0) is 21.8. The van der Waals surface area contributed by atoms with E-state index in [0.717, 1.165) is 18.7 Å². The van der Waals surface area contributed by atoms with E-state index >= 15 is 0 Å². The molecule has 0 radical (unpaired) electrons. The van der Waals surface area contributed by atoms with Gasteiger partial charge in [-0.25, -0.2) is 9.97 Å². The van der Waals surface area contributed by atoms with E-state index in [1.165, 1.54) is 4.68 Å². The van der Waals surface area contributed by atoms with Crippen LogP contribution in [0.4, 0.5) is 11.6 Å². The highest BCUT2D eigenvalue weighted by atomic mass is 16.5. The molecular formula is C21H24N6O4. The fraction of sp³-hybridized carbons (Fsp3) is 0.333. The summed E-state index contributed by atoms with van der Waals surface area (Å²) in [6.07, 6.45) is 3.19. The summed E-state index contributed by atoms with van der Waals surface area (Å²) < 4.78 is 17.6. The Hall–Kier alpha value is -3.66. The lowest BCUT2D eigenvalue weighted by molar-refractivity contribution is 0.101. The maximum atomic E-state index is 12.8. The van der Waals surface area contributed by atoms with Crippen molar-refractivity contribution >= 4 is 17.5 Å². The second-order valence-corrected chi connectivity index (χ2v) is 6.93. The van der Waals surface area contributed by atoms with Crippen molar-refractivity contribution in [3.8, 4) is 22.8 Å². The van der Waals surface area contributed by atoms with Gasteiger partial charge in [-0.1, -0.05) is 0 Å². The maximum Gasteiger partial charge on any atom is 0.274 e. The number of benzene rings is 1. The minimum Gasteiger partial charge on any atom is -0.497 e.